The lowest BCUT2D eigenvalue weighted by Crippen LogP contribution is -2.32. The van der Waals surface area contributed by atoms with Crippen LogP contribution in [0, 0.1) is 0 Å². The average molecular weight is 306 g/mol. The molecule has 0 radical (unpaired) electrons. The van der Waals surface area contributed by atoms with E-state index in [0.29, 0.717) is 0 Å². The van der Waals surface area contributed by atoms with Gasteiger partial charge in [0.25, 0.3) is 0 Å². The molecule has 1 nitrogen and oxygen atoms in total. The summed E-state index contributed by atoms with van der Waals surface area (Å²) >= 11 is 0. The number of nitrogens with zero attached hydrogens (tertiary/aromatic N) is 1. The zero-order valence-electron chi connectivity index (χ0n) is 13.2. The summed E-state index contributed by atoms with van der Waals surface area (Å²) in [6.45, 7) is 0. The number of hydrogen-bond donors (Lipinski definition) is 0. The second-order valence-electron chi connectivity index (χ2n) is 6.09. The molecule has 0 atom stereocenters. The topological polar surface area (TPSA) is 3.88 Å². The van der Waals surface area contributed by atoms with Crippen LogP contribution < -0.4 is 4.57 Å². The minimum Gasteiger partial charge on any atom is -0.153 e. The van der Waals surface area contributed by atoms with E-state index in [0.717, 1.165) is 0 Å². The summed E-state index contributed by atoms with van der Waals surface area (Å²) < 4.78 is 2.36. The van der Waals surface area contributed by atoms with Gasteiger partial charge in [-0.25, -0.2) is 0 Å². The minimum atomic E-state index is 1.19. The van der Waals surface area contributed by atoms with Crippen LogP contribution in [0.15, 0.2) is 97.1 Å². The maximum absolute atomic E-state index is 2.36. The molecule has 0 fully saturated rings. The van der Waals surface area contributed by atoms with Crippen molar-refractivity contribution in [2.75, 3.05) is 0 Å². The number of aromatic nitrogens is 1. The van der Waals surface area contributed by atoms with Crippen molar-refractivity contribution in [3.63, 3.8) is 0 Å². The summed E-state index contributed by atoms with van der Waals surface area (Å²) in [5.41, 5.74) is 3.65. The fourth-order valence-electron chi connectivity index (χ4n) is 3.58. The lowest BCUT2D eigenvalue weighted by atomic mass is 10.0. The largest absolute Gasteiger partial charge is 0.219 e. The molecule has 1 heteroatoms. The highest BCUT2D eigenvalue weighted by molar-refractivity contribution is 6.07. The maximum Gasteiger partial charge on any atom is 0.219 e. The highest BCUT2D eigenvalue weighted by Gasteiger charge is 2.18. The number of para-hydroxylation sites is 2. The van der Waals surface area contributed by atoms with E-state index in [-0.39, 0.29) is 0 Å². The average Bonchev–Trinajstić information content (AvgIpc) is 2.67. The van der Waals surface area contributed by atoms with Gasteiger partial charge >= 0.3 is 0 Å². The Labute approximate surface area is 140 Å². The molecule has 4 aromatic carbocycles. The standard InChI is InChI=1S/C23H16N/c1-2-10-19(11-3-1)24-22-13-7-5-9-18(22)16-21-20-12-6-4-8-17(20)14-15-23(21)24/h1-16H/q+1. The second-order valence-corrected chi connectivity index (χ2v) is 6.09. The van der Waals surface area contributed by atoms with Crippen molar-refractivity contribution in [3.8, 4) is 5.69 Å². The van der Waals surface area contributed by atoms with Crippen molar-refractivity contribution >= 4 is 32.6 Å². The quantitative estimate of drug-likeness (QED) is 0.221. The summed E-state index contributed by atoms with van der Waals surface area (Å²) in [6.07, 6.45) is 0. The molecule has 0 amide bonds. The number of rotatable bonds is 1. The summed E-state index contributed by atoms with van der Waals surface area (Å²) in [5.74, 6) is 0. The number of fused-ring (bicyclic) bond motifs is 4. The first-order chi connectivity index (χ1) is 11.9. The van der Waals surface area contributed by atoms with Gasteiger partial charge in [-0.1, -0.05) is 54.6 Å². The summed E-state index contributed by atoms with van der Waals surface area (Å²) in [7, 11) is 0. The van der Waals surface area contributed by atoms with Gasteiger partial charge in [-0.15, -0.1) is 0 Å². The molecule has 0 aliphatic rings. The van der Waals surface area contributed by atoms with Gasteiger partial charge in [0.2, 0.25) is 16.7 Å². The third kappa shape index (κ3) is 1.92. The lowest BCUT2D eigenvalue weighted by molar-refractivity contribution is -0.537. The Morgan fingerprint density at radius 1 is 0.458 bits per heavy atom. The first-order valence-corrected chi connectivity index (χ1v) is 8.22. The van der Waals surface area contributed by atoms with Crippen LogP contribution in [0.4, 0.5) is 0 Å². The fourth-order valence-corrected chi connectivity index (χ4v) is 3.58. The maximum atomic E-state index is 2.36. The van der Waals surface area contributed by atoms with E-state index in [4.69, 9.17) is 0 Å². The normalized spacial score (nSPS) is 11.3. The Balaban J connectivity index is 2.05. The van der Waals surface area contributed by atoms with Crippen LogP contribution in [0.5, 0.6) is 0 Å². The van der Waals surface area contributed by atoms with E-state index < -0.39 is 0 Å². The number of benzene rings is 4. The van der Waals surface area contributed by atoms with Gasteiger partial charge in [-0.2, -0.15) is 4.57 Å². The SMILES string of the molecule is c1ccc(-[n+]2c3ccccc3cc3c4ccccc4ccc32)cc1. The third-order valence-corrected chi connectivity index (χ3v) is 4.68. The molecular formula is C23H16N+. The Hall–Kier alpha value is -3.19. The van der Waals surface area contributed by atoms with Crippen LogP contribution in [0.25, 0.3) is 38.3 Å². The smallest absolute Gasteiger partial charge is 0.153 e. The highest BCUT2D eigenvalue weighted by Crippen LogP contribution is 2.27. The van der Waals surface area contributed by atoms with Crippen molar-refractivity contribution in [1.29, 1.82) is 0 Å². The van der Waals surface area contributed by atoms with Gasteiger partial charge in [0, 0.05) is 29.7 Å². The van der Waals surface area contributed by atoms with Crippen LogP contribution >= 0.6 is 0 Å². The van der Waals surface area contributed by atoms with Crippen molar-refractivity contribution in [2.45, 2.75) is 0 Å². The zero-order chi connectivity index (χ0) is 15.9. The first kappa shape index (κ1) is 13.3. The van der Waals surface area contributed by atoms with Crippen LogP contribution in [0.1, 0.15) is 0 Å². The van der Waals surface area contributed by atoms with Crippen molar-refractivity contribution < 1.29 is 4.57 Å². The third-order valence-electron chi connectivity index (χ3n) is 4.68. The fraction of sp³-hybridized carbons (Fsp3) is 0. The Morgan fingerprint density at radius 2 is 1.17 bits per heavy atom. The molecule has 0 saturated carbocycles. The molecule has 0 spiro atoms. The monoisotopic (exact) mass is 306 g/mol. The van der Waals surface area contributed by atoms with E-state index in [2.05, 4.69) is 102 Å². The van der Waals surface area contributed by atoms with Gasteiger partial charge in [0.15, 0.2) is 0 Å². The Morgan fingerprint density at radius 3 is 2.04 bits per heavy atom. The van der Waals surface area contributed by atoms with Crippen LogP contribution in [-0.4, -0.2) is 0 Å². The highest BCUT2D eigenvalue weighted by atomic mass is 15.0. The molecule has 0 unspecified atom stereocenters. The lowest BCUT2D eigenvalue weighted by Gasteiger charge is -2.07. The van der Waals surface area contributed by atoms with E-state index in [9.17, 15) is 0 Å². The molecule has 0 saturated heterocycles. The van der Waals surface area contributed by atoms with Crippen molar-refractivity contribution in [1.82, 2.24) is 0 Å². The van der Waals surface area contributed by atoms with Gasteiger partial charge in [0.1, 0.15) is 0 Å². The Kier molecular flexibility index (Phi) is 2.86. The summed E-state index contributed by atoms with van der Waals surface area (Å²) in [5, 5.41) is 5.12. The molecule has 5 rings (SSSR count). The number of pyridine rings is 1. The summed E-state index contributed by atoms with van der Waals surface area (Å²) in [6, 6.07) is 34.5. The van der Waals surface area contributed by atoms with Crippen LogP contribution in [0.2, 0.25) is 0 Å². The molecule has 5 aromatic rings. The van der Waals surface area contributed by atoms with Crippen molar-refractivity contribution in [3.05, 3.63) is 97.1 Å². The summed E-state index contributed by atoms with van der Waals surface area (Å²) in [4.78, 5) is 0. The van der Waals surface area contributed by atoms with Crippen LogP contribution in [0.3, 0.4) is 0 Å². The Bertz CT molecular complexity index is 1190. The van der Waals surface area contributed by atoms with E-state index >= 15 is 0 Å². The van der Waals surface area contributed by atoms with Gasteiger partial charge in [0.05, 0.1) is 5.39 Å². The van der Waals surface area contributed by atoms with E-state index in [1.54, 1.807) is 0 Å². The van der Waals surface area contributed by atoms with Crippen LogP contribution in [-0.2, 0) is 0 Å². The predicted octanol–water partition coefficient (Wildman–Crippen LogP) is 5.42. The molecule has 24 heavy (non-hydrogen) atoms. The zero-order valence-corrected chi connectivity index (χ0v) is 13.2. The minimum absolute atomic E-state index is 1.19. The molecule has 0 N–H and O–H groups in total. The van der Waals surface area contributed by atoms with E-state index in [1.165, 1.54) is 38.3 Å². The van der Waals surface area contributed by atoms with E-state index in [1.807, 2.05) is 0 Å². The van der Waals surface area contributed by atoms with Crippen molar-refractivity contribution in [2.24, 2.45) is 0 Å². The molecule has 0 bridgehead atoms. The van der Waals surface area contributed by atoms with Gasteiger partial charge in [-0.05, 0) is 29.0 Å². The molecule has 1 heterocycles. The molecule has 0 aliphatic carbocycles. The number of hydrogen-bond acceptors (Lipinski definition) is 0. The molecular weight excluding hydrogens is 290 g/mol. The first-order valence-electron chi connectivity index (χ1n) is 8.22. The molecule has 1 aromatic heterocycles. The predicted molar refractivity (Wildman–Crippen MR) is 100 cm³/mol. The molecule has 0 aliphatic heterocycles. The second kappa shape index (κ2) is 5.17. The van der Waals surface area contributed by atoms with Gasteiger partial charge in [-0.3, -0.25) is 0 Å². The van der Waals surface area contributed by atoms with Gasteiger partial charge < -0.3 is 0 Å². The molecule has 112 valence electrons.